The van der Waals surface area contributed by atoms with E-state index >= 15 is 0 Å². The molecule has 0 aromatic carbocycles. The lowest BCUT2D eigenvalue weighted by atomic mass is 9.68. The molecule has 0 heteroatoms. The minimum Gasteiger partial charge on any atom is -0.0654 e. The summed E-state index contributed by atoms with van der Waals surface area (Å²) in [5, 5.41) is 0. The van der Waals surface area contributed by atoms with E-state index in [0.29, 0.717) is 0 Å². The highest BCUT2D eigenvalue weighted by atomic mass is 14.4. The van der Waals surface area contributed by atoms with Crippen LogP contribution in [0.5, 0.6) is 0 Å². The zero-order valence-electron chi connectivity index (χ0n) is 12.7. The van der Waals surface area contributed by atoms with Gasteiger partial charge in [0.15, 0.2) is 0 Å². The lowest BCUT2D eigenvalue weighted by molar-refractivity contribution is 0.130. The average molecular weight is 238 g/mol. The van der Waals surface area contributed by atoms with Crippen molar-refractivity contribution in [1.82, 2.24) is 0 Å². The van der Waals surface area contributed by atoms with Gasteiger partial charge in [-0.2, -0.15) is 0 Å². The molecule has 0 nitrogen and oxygen atoms in total. The summed E-state index contributed by atoms with van der Waals surface area (Å²) in [5.41, 5.74) is 0. The van der Waals surface area contributed by atoms with E-state index in [1.807, 2.05) is 0 Å². The SMILES string of the molecule is CCCCC(CC(C)C)C1CCCCC1CC. The molecular weight excluding hydrogens is 204 g/mol. The van der Waals surface area contributed by atoms with Crippen molar-refractivity contribution in [2.45, 2.75) is 85.5 Å². The average Bonchev–Trinajstić information content (AvgIpc) is 2.34. The van der Waals surface area contributed by atoms with E-state index in [0.717, 1.165) is 23.7 Å². The summed E-state index contributed by atoms with van der Waals surface area (Å²) in [7, 11) is 0. The van der Waals surface area contributed by atoms with Crippen LogP contribution >= 0.6 is 0 Å². The third-order valence-corrected chi connectivity index (χ3v) is 4.80. The van der Waals surface area contributed by atoms with Gasteiger partial charge in [0.1, 0.15) is 0 Å². The fourth-order valence-corrected chi connectivity index (χ4v) is 3.94. The van der Waals surface area contributed by atoms with Crippen molar-refractivity contribution in [3.05, 3.63) is 0 Å². The van der Waals surface area contributed by atoms with Crippen LogP contribution in [0.1, 0.15) is 85.5 Å². The monoisotopic (exact) mass is 238 g/mol. The van der Waals surface area contributed by atoms with Crippen LogP contribution in [-0.2, 0) is 0 Å². The summed E-state index contributed by atoms with van der Waals surface area (Å²) in [6.45, 7) is 9.56. The molecule has 0 heterocycles. The molecular formula is C17H34. The minimum atomic E-state index is 0.885. The van der Waals surface area contributed by atoms with Gasteiger partial charge in [-0.3, -0.25) is 0 Å². The largest absolute Gasteiger partial charge is 0.0654 e. The Hall–Kier alpha value is 0. The Bertz CT molecular complexity index is 182. The molecule has 0 aromatic rings. The van der Waals surface area contributed by atoms with Gasteiger partial charge in [-0.25, -0.2) is 0 Å². The van der Waals surface area contributed by atoms with Crippen LogP contribution in [0.4, 0.5) is 0 Å². The van der Waals surface area contributed by atoms with Gasteiger partial charge in [0.2, 0.25) is 0 Å². The van der Waals surface area contributed by atoms with Crippen LogP contribution in [0, 0.1) is 23.7 Å². The van der Waals surface area contributed by atoms with E-state index < -0.39 is 0 Å². The van der Waals surface area contributed by atoms with Crippen molar-refractivity contribution < 1.29 is 0 Å². The predicted molar refractivity (Wildman–Crippen MR) is 78.2 cm³/mol. The summed E-state index contributed by atoms with van der Waals surface area (Å²) in [4.78, 5) is 0. The number of unbranched alkanes of at least 4 members (excludes halogenated alkanes) is 1. The zero-order valence-corrected chi connectivity index (χ0v) is 12.7. The minimum absolute atomic E-state index is 0.885. The van der Waals surface area contributed by atoms with Gasteiger partial charge >= 0.3 is 0 Å². The molecule has 3 unspecified atom stereocenters. The summed E-state index contributed by atoms with van der Waals surface area (Å²) in [5.74, 6) is 4.02. The molecule has 0 radical (unpaired) electrons. The van der Waals surface area contributed by atoms with Crippen LogP contribution in [0.15, 0.2) is 0 Å². The van der Waals surface area contributed by atoms with Gasteiger partial charge < -0.3 is 0 Å². The Morgan fingerprint density at radius 2 is 1.76 bits per heavy atom. The standard InChI is InChI=1S/C17H34/c1-5-7-10-16(13-14(3)4)17-12-9-8-11-15(17)6-2/h14-17H,5-13H2,1-4H3. The van der Waals surface area contributed by atoms with Crippen molar-refractivity contribution in [2.24, 2.45) is 23.7 Å². The highest BCUT2D eigenvalue weighted by molar-refractivity contribution is 4.81. The molecule has 0 amide bonds. The topological polar surface area (TPSA) is 0 Å². The second-order valence-electron chi connectivity index (χ2n) is 6.65. The maximum absolute atomic E-state index is 2.41. The third kappa shape index (κ3) is 5.02. The zero-order chi connectivity index (χ0) is 12.7. The Labute approximate surface area is 110 Å². The first-order valence-electron chi connectivity index (χ1n) is 8.19. The lowest BCUT2D eigenvalue weighted by Gasteiger charge is -2.38. The molecule has 0 saturated heterocycles. The van der Waals surface area contributed by atoms with E-state index in [4.69, 9.17) is 0 Å². The molecule has 0 N–H and O–H groups in total. The fraction of sp³-hybridized carbons (Fsp3) is 1.00. The van der Waals surface area contributed by atoms with E-state index in [9.17, 15) is 0 Å². The number of rotatable bonds is 7. The van der Waals surface area contributed by atoms with Crippen LogP contribution in [0.25, 0.3) is 0 Å². The van der Waals surface area contributed by atoms with Gasteiger partial charge in [0, 0.05) is 0 Å². The first-order chi connectivity index (χ1) is 8.19. The van der Waals surface area contributed by atoms with Gasteiger partial charge in [0.25, 0.3) is 0 Å². The van der Waals surface area contributed by atoms with E-state index in [-0.39, 0.29) is 0 Å². The summed E-state index contributed by atoms with van der Waals surface area (Å²) in [6, 6.07) is 0. The molecule has 0 aliphatic heterocycles. The molecule has 0 aromatic heterocycles. The maximum Gasteiger partial charge on any atom is -0.0357 e. The first kappa shape index (κ1) is 15.1. The van der Waals surface area contributed by atoms with Crippen molar-refractivity contribution in [3.8, 4) is 0 Å². The molecule has 0 spiro atoms. The van der Waals surface area contributed by atoms with Gasteiger partial charge in [-0.15, -0.1) is 0 Å². The molecule has 102 valence electrons. The molecule has 1 aliphatic rings. The quantitative estimate of drug-likeness (QED) is 0.506. The van der Waals surface area contributed by atoms with E-state index in [1.165, 1.54) is 57.8 Å². The lowest BCUT2D eigenvalue weighted by Crippen LogP contribution is -2.27. The molecule has 1 rings (SSSR count). The summed E-state index contributed by atoms with van der Waals surface area (Å²) >= 11 is 0. The predicted octanol–water partition coefficient (Wildman–Crippen LogP) is 6.06. The van der Waals surface area contributed by atoms with Gasteiger partial charge in [-0.1, -0.05) is 72.6 Å². The molecule has 17 heavy (non-hydrogen) atoms. The summed E-state index contributed by atoms with van der Waals surface area (Å²) in [6.07, 6.45) is 13.3. The summed E-state index contributed by atoms with van der Waals surface area (Å²) < 4.78 is 0. The van der Waals surface area contributed by atoms with E-state index in [2.05, 4.69) is 27.7 Å². The molecule has 0 bridgehead atoms. The molecule has 1 aliphatic carbocycles. The maximum atomic E-state index is 2.41. The van der Waals surface area contributed by atoms with Crippen LogP contribution in [-0.4, -0.2) is 0 Å². The van der Waals surface area contributed by atoms with Crippen molar-refractivity contribution in [2.75, 3.05) is 0 Å². The highest BCUT2D eigenvalue weighted by Gasteiger charge is 2.30. The van der Waals surface area contributed by atoms with Gasteiger partial charge in [0.05, 0.1) is 0 Å². The highest BCUT2D eigenvalue weighted by Crippen LogP contribution is 2.41. The Balaban J connectivity index is 2.57. The molecule has 1 saturated carbocycles. The van der Waals surface area contributed by atoms with Crippen LogP contribution in [0.2, 0.25) is 0 Å². The first-order valence-corrected chi connectivity index (χ1v) is 8.19. The fourth-order valence-electron chi connectivity index (χ4n) is 3.94. The third-order valence-electron chi connectivity index (χ3n) is 4.80. The Kier molecular flexibility index (Phi) is 7.23. The molecule has 3 atom stereocenters. The number of hydrogen-bond donors (Lipinski definition) is 0. The van der Waals surface area contributed by atoms with Crippen LogP contribution in [0.3, 0.4) is 0 Å². The van der Waals surface area contributed by atoms with Crippen molar-refractivity contribution >= 4 is 0 Å². The second kappa shape index (κ2) is 8.16. The number of hydrogen-bond acceptors (Lipinski definition) is 0. The Morgan fingerprint density at radius 3 is 2.35 bits per heavy atom. The van der Waals surface area contributed by atoms with E-state index in [1.54, 1.807) is 0 Å². The smallest absolute Gasteiger partial charge is 0.0357 e. The normalized spacial score (nSPS) is 27.4. The second-order valence-corrected chi connectivity index (χ2v) is 6.65. The van der Waals surface area contributed by atoms with Gasteiger partial charge in [-0.05, 0) is 36.5 Å². The van der Waals surface area contributed by atoms with Crippen molar-refractivity contribution in [3.63, 3.8) is 0 Å². The van der Waals surface area contributed by atoms with Crippen molar-refractivity contribution in [1.29, 1.82) is 0 Å². The van der Waals surface area contributed by atoms with Crippen LogP contribution < -0.4 is 0 Å². The Morgan fingerprint density at radius 1 is 1.06 bits per heavy atom. The molecule has 1 fully saturated rings.